The van der Waals surface area contributed by atoms with Crippen LogP contribution in [0.4, 0.5) is 4.79 Å². The highest BCUT2D eigenvalue weighted by Gasteiger charge is 2.32. The number of carbonyl (C=O) groups excluding carboxylic acids is 1. The largest absolute Gasteiger partial charge is 0.597 e. The molecular weight excluding hydrogens is 352 g/mol. The van der Waals surface area contributed by atoms with Gasteiger partial charge in [-0.15, -0.1) is 16.2 Å². The Morgan fingerprint density at radius 3 is 2.19 bits per heavy atom. The molecule has 2 rings (SSSR count). The van der Waals surface area contributed by atoms with Crippen molar-refractivity contribution in [1.29, 1.82) is 5.26 Å². The van der Waals surface area contributed by atoms with Crippen LogP contribution in [0.1, 0.15) is 11.1 Å². The molecule has 2 aromatic rings. The highest BCUT2D eigenvalue weighted by atomic mass is 35.5. The zero-order chi connectivity index (χ0) is 18.8. The maximum Gasteiger partial charge on any atom is 0.597 e. The van der Waals surface area contributed by atoms with Gasteiger partial charge in [0.1, 0.15) is 0 Å². The van der Waals surface area contributed by atoms with Crippen LogP contribution in [0.3, 0.4) is 0 Å². The van der Waals surface area contributed by atoms with Gasteiger partial charge in [0.2, 0.25) is 0 Å². The molecule has 0 aliphatic carbocycles. The zero-order valence-corrected chi connectivity index (χ0v) is 15.2. The van der Waals surface area contributed by atoms with Crippen LogP contribution in [0.25, 0.3) is 0 Å². The van der Waals surface area contributed by atoms with Gasteiger partial charge in [0.25, 0.3) is 5.71 Å². The highest BCUT2D eigenvalue weighted by Crippen LogP contribution is 2.09. The molecule has 5 nitrogen and oxygen atoms in total. The summed E-state index contributed by atoms with van der Waals surface area (Å²) in [5.41, 5.74) is 1.93. The van der Waals surface area contributed by atoms with Crippen LogP contribution in [0, 0.1) is 11.3 Å². The molecule has 0 aliphatic rings. The quantitative estimate of drug-likeness (QED) is 0.422. The van der Waals surface area contributed by atoms with E-state index >= 15 is 0 Å². The molecule has 0 bridgehead atoms. The van der Waals surface area contributed by atoms with Crippen molar-refractivity contribution in [2.24, 2.45) is 0 Å². The fraction of sp³-hybridized carbons (Fsp3) is 0.250. The molecule has 6 heteroatoms. The molecule has 0 aromatic heterocycles. The number of hydrogen-bond donors (Lipinski definition) is 0. The Labute approximate surface area is 158 Å². The smallest absolute Gasteiger partial charge is 0.415 e. The van der Waals surface area contributed by atoms with Crippen LogP contribution in [-0.2, 0) is 22.6 Å². The lowest BCUT2D eigenvalue weighted by Gasteiger charge is -2.13. The van der Waals surface area contributed by atoms with Crippen molar-refractivity contribution < 1.29 is 18.8 Å². The van der Waals surface area contributed by atoms with Gasteiger partial charge in [0.15, 0.2) is 18.7 Å². The van der Waals surface area contributed by atoms with E-state index in [1.54, 1.807) is 0 Å². The maximum atomic E-state index is 12.2. The van der Waals surface area contributed by atoms with E-state index in [-0.39, 0.29) is 24.7 Å². The third kappa shape index (κ3) is 5.41. The van der Waals surface area contributed by atoms with E-state index in [0.29, 0.717) is 0 Å². The predicted molar refractivity (Wildman–Crippen MR) is 99.2 cm³/mol. The van der Waals surface area contributed by atoms with Crippen molar-refractivity contribution >= 4 is 23.4 Å². The van der Waals surface area contributed by atoms with Crippen molar-refractivity contribution in [3.8, 4) is 6.07 Å². The summed E-state index contributed by atoms with van der Waals surface area (Å²) in [6.45, 7) is 0.474. The summed E-state index contributed by atoms with van der Waals surface area (Å²) >= 11 is 6.03. The van der Waals surface area contributed by atoms with Crippen LogP contribution in [0.15, 0.2) is 60.7 Å². The average Bonchev–Trinajstić information content (AvgIpc) is 2.70. The molecule has 1 amide bonds. The van der Waals surface area contributed by atoms with E-state index in [0.717, 1.165) is 11.1 Å². The van der Waals surface area contributed by atoms with Gasteiger partial charge in [-0.1, -0.05) is 60.7 Å². The van der Waals surface area contributed by atoms with Gasteiger partial charge >= 0.3 is 6.09 Å². The molecule has 0 fully saturated rings. The number of amides is 1. The first-order chi connectivity index (χ1) is 12.7. The molecule has 1 unspecified atom stereocenters. The second-order valence-electron chi connectivity index (χ2n) is 5.48. The zero-order valence-electron chi connectivity index (χ0n) is 14.5. The maximum absolute atomic E-state index is 12.2. The van der Waals surface area contributed by atoms with Crippen molar-refractivity contribution in [2.45, 2.75) is 19.3 Å². The number of nitriles is 1. The Morgan fingerprint density at radius 2 is 1.69 bits per heavy atom. The number of hydrogen-bond acceptors (Lipinski definition) is 4. The summed E-state index contributed by atoms with van der Waals surface area (Å²) in [7, 11) is 1.27. The van der Waals surface area contributed by atoms with Crippen LogP contribution in [0.2, 0.25) is 0 Å². The summed E-state index contributed by atoms with van der Waals surface area (Å²) < 4.78 is 11.9. The molecular formula is C20H20ClN2O3+. The Hall–Kier alpha value is -2.68. The lowest BCUT2D eigenvalue weighted by molar-refractivity contribution is -0.463. The van der Waals surface area contributed by atoms with Crippen molar-refractivity contribution in [1.82, 2.24) is 0 Å². The molecule has 0 N–H and O–H groups in total. The average molecular weight is 372 g/mol. The molecule has 26 heavy (non-hydrogen) atoms. The van der Waals surface area contributed by atoms with Gasteiger partial charge in [-0.05, 0) is 5.56 Å². The molecule has 1 atom stereocenters. The first kappa shape index (κ1) is 19.6. The lowest BCUT2D eigenvalue weighted by Crippen LogP contribution is -2.37. The SMILES string of the molecule is COC(=O)/[N+](Cc1ccccc1)=C(\C#N)C(CCl)OCc1ccccc1. The minimum atomic E-state index is -0.732. The second-order valence-corrected chi connectivity index (χ2v) is 5.79. The topological polar surface area (TPSA) is 62.3 Å². The van der Waals surface area contributed by atoms with Crippen LogP contribution < -0.4 is 0 Å². The highest BCUT2D eigenvalue weighted by molar-refractivity contribution is 6.20. The minimum Gasteiger partial charge on any atom is -0.415 e. The fourth-order valence-corrected chi connectivity index (χ4v) is 2.63. The number of rotatable bonds is 7. The third-order valence-corrected chi connectivity index (χ3v) is 4.00. The Bertz CT molecular complexity index is 786. The van der Waals surface area contributed by atoms with E-state index in [9.17, 15) is 10.1 Å². The van der Waals surface area contributed by atoms with E-state index < -0.39 is 12.2 Å². The predicted octanol–water partition coefficient (Wildman–Crippen LogP) is 3.75. The third-order valence-electron chi connectivity index (χ3n) is 3.72. The van der Waals surface area contributed by atoms with Crippen molar-refractivity contribution in [2.75, 3.05) is 13.0 Å². The normalized spacial score (nSPS) is 12.7. The van der Waals surface area contributed by atoms with Gasteiger partial charge in [-0.25, -0.2) is 0 Å². The minimum absolute atomic E-state index is 0.0397. The standard InChI is InChI=1S/C20H20ClN2O3/c1-25-20(24)23(14-16-8-4-2-5-9-16)18(13-22)19(12-21)26-15-17-10-6-3-7-11-17/h2-11,19H,12,14-15H2,1H3/q+1/b23-18+. The Morgan fingerprint density at radius 1 is 1.12 bits per heavy atom. The first-order valence-corrected chi connectivity index (χ1v) is 8.61. The summed E-state index contributed by atoms with van der Waals surface area (Å²) in [4.78, 5) is 12.2. The Balaban J connectivity index is 2.29. The van der Waals surface area contributed by atoms with Gasteiger partial charge in [-0.2, -0.15) is 10.1 Å². The number of ether oxygens (including phenoxy) is 2. The number of alkyl halides is 1. The van der Waals surface area contributed by atoms with Crippen LogP contribution in [-0.4, -0.2) is 35.5 Å². The molecule has 0 radical (unpaired) electrons. The fourth-order valence-electron chi connectivity index (χ4n) is 2.40. The summed E-state index contributed by atoms with van der Waals surface area (Å²) in [5.74, 6) is 0.0397. The first-order valence-electron chi connectivity index (χ1n) is 8.07. The molecule has 0 saturated heterocycles. The number of carbonyl (C=O) groups is 1. The van der Waals surface area contributed by atoms with Gasteiger partial charge < -0.3 is 9.47 Å². The monoisotopic (exact) mass is 371 g/mol. The summed E-state index contributed by atoms with van der Waals surface area (Å²) in [6.07, 6.45) is -1.37. The molecule has 0 heterocycles. The van der Waals surface area contributed by atoms with Crippen molar-refractivity contribution in [3.05, 3.63) is 71.8 Å². The summed E-state index contributed by atoms with van der Waals surface area (Å²) in [5, 5.41) is 9.64. The van der Waals surface area contributed by atoms with E-state index in [4.69, 9.17) is 21.1 Å². The Kier molecular flexibility index (Phi) is 7.81. The molecule has 0 saturated carbocycles. The van der Waals surface area contributed by atoms with Crippen LogP contribution in [0.5, 0.6) is 0 Å². The summed E-state index contributed by atoms with van der Waals surface area (Å²) in [6, 6.07) is 20.9. The number of methoxy groups -OCH3 is 1. The van der Waals surface area contributed by atoms with E-state index in [2.05, 4.69) is 6.07 Å². The molecule has 134 valence electrons. The lowest BCUT2D eigenvalue weighted by atomic mass is 10.2. The number of halogens is 1. The van der Waals surface area contributed by atoms with Gasteiger partial charge in [0, 0.05) is 5.56 Å². The molecule has 2 aromatic carbocycles. The van der Waals surface area contributed by atoms with Crippen molar-refractivity contribution in [3.63, 3.8) is 0 Å². The van der Waals surface area contributed by atoms with Gasteiger partial charge in [0.05, 0.1) is 19.6 Å². The number of nitrogens with zero attached hydrogens (tertiary/aromatic N) is 2. The van der Waals surface area contributed by atoms with Crippen LogP contribution >= 0.6 is 11.6 Å². The molecule has 0 aliphatic heterocycles. The van der Waals surface area contributed by atoms with Gasteiger partial charge in [-0.3, -0.25) is 0 Å². The number of benzene rings is 2. The second kappa shape index (κ2) is 10.3. The van der Waals surface area contributed by atoms with E-state index in [1.165, 1.54) is 11.7 Å². The molecule has 0 spiro atoms. The van der Waals surface area contributed by atoms with E-state index in [1.807, 2.05) is 60.7 Å².